The van der Waals surface area contributed by atoms with Gasteiger partial charge in [0.2, 0.25) is 5.91 Å². The molecule has 1 amide bonds. The van der Waals surface area contributed by atoms with Crippen molar-refractivity contribution in [3.8, 4) is 0 Å². The third kappa shape index (κ3) is 6.62. The second kappa shape index (κ2) is 11.6. The summed E-state index contributed by atoms with van der Waals surface area (Å²) in [5.74, 6) is 1.79. The summed E-state index contributed by atoms with van der Waals surface area (Å²) >= 11 is 0. The Morgan fingerprint density at radius 2 is 2.07 bits per heavy atom. The Labute approximate surface area is 185 Å². The van der Waals surface area contributed by atoms with Crippen LogP contribution in [0, 0.1) is 11.8 Å². The molecule has 6 nitrogen and oxygen atoms in total. The Hall–Kier alpha value is -1.35. The number of guanidine groups is 1. The monoisotopic (exact) mass is 500 g/mol. The predicted molar refractivity (Wildman–Crippen MR) is 124 cm³/mol. The normalized spacial score (nSPS) is 19.9. The first kappa shape index (κ1) is 22.9. The van der Waals surface area contributed by atoms with Crippen LogP contribution in [0.2, 0.25) is 0 Å². The van der Waals surface area contributed by atoms with E-state index in [1.807, 2.05) is 25.2 Å². The van der Waals surface area contributed by atoms with E-state index in [1.165, 1.54) is 12.8 Å². The minimum absolute atomic E-state index is 0. The molecule has 1 aromatic rings. The molecule has 1 heterocycles. The highest BCUT2D eigenvalue weighted by Gasteiger charge is 2.22. The number of hydrogen-bond donors (Lipinski definition) is 2. The molecule has 1 saturated carbocycles. The molecule has 156 valence electrons. The van der Waals surface area contributed by atoms with Crippen LogP contribution in [0.4, 0.5) is 5.69 Å². The Balaban J connectivity index is 0.00000280. The Kier molecular flexibility index (Phi) is 9.50. The molecule has 2 N–H and O–H groups in total. The number of hydrogen-bond acceptors (Lipinski definition) is 3. The maximum atomic E-state index is 12.3. The molecular formula is C21H33IN4O2. The first-order chi connectivity index (χ1) is 13.2. The van der Waals surface area contributed by atoms with Crippen molar-refractivity contribution in [2.24, 2.45) is 16.8 Å². The molecule has 3 rings (SSSR count). The zero-order valence-corrected chi connectivity index (χ0v) is 19.3. The van der Waals surface area contributed by atoms with Crippen molar-refractivity contribution in [3.05, 3.63) is 29.8 Å². The Morgan fingerprint density at radius 1 is 1.29 bits per heavy atom. The number of halogens is 1. The van der Waals surface area contributed by atoms with Gasteiger partial charge in [0, 0.05) is 51.3 Å². The number of benzene rings is 1. The second-order valence-corrected chi connectivity index (χ2v) is 7.68. The SMILES string of the molecule is CN=C(NCc1cccc(NC(=O)C2CCCC2)c1)N(C)CC1CCOC1.I. The standard InChI is InChI=1S/C21H32N4O2.HI/c1-22-21(25(2)14-17-10-11-27-15-17)23-13-16-6-5-9-19(12-16)24-20(26)18-7-3-4-8-18;/h5-6,9,12,17-18H,3-4,7-8,10-11,13-15H2,1-2H3,(H,22,23)(H,24,26);1H. The fraction of sp³-hybridized carbons (Fsp3) is 0.619. The highest BCUT2D eigenvalue weighted by molar-refractivity contribution is 14.0. The van der Waals surface area contributed by atoms with E-state index in [4.69, 9.17) is 4.74 Å². The summed E-state index contributed by atoms with van der Waals surface area (Å²) in [6.07, 6.45) is 5.48. The van der Waals surface area contributed by atoms with Crippen molar-refractivity contribution in [2.45, 2.75) is 38.6 Å². The maximum Gasteiger partial charge on any atom is 0.227 e. The van der Waals surface area contributed by atoms with Crippen LogP contribution >= 0.6 is 24.0 Å². The van der Waals surface area contributed by atoms with Crippen molar-refractivity contribution >= 4 is 41.5 Å². The fourth-order valence-electron chi connectivity index (χ4n) is 3.96. The van der Waals surface area contributed by atoms with Crippen LogP contribution in [0.25, 0.3) is 0 Å². The number of nitrogens with zero attached hydrogens (tertiary/aromatic N) is 2. The third-order valence-electron chi connectivity index (χ3n) is 5.50. The van der Waals surface area contributed by atoms with E-state index in [1.54, 1.807) is 0 Å². The van der Waals surface area contributed by atoms with Gasteiger partial charge in [-0.05, 0) is 37.0 Å². The average Bonchev–Trinajstić information content (AvgIpc) is 3.36. The van der Waals surface area contributed by atoms with Gasteiger partial charge in [0.1, 0.15) is 0 Å². The molecule has 1 unspecified atom stereocenters. The molecule has 1 aliphatic heterocycles. The summed E-state index contributed by atoms with van der Waals surface area (Å²) in [6, 6.07) is 8.05. The van der Waals surface area contributed by atoms with E-state index in [-0.39, 0.29) is 35.8 Å². The lowest BCUT2D eigenvalue weighted by Gasteiger charge is -2.24. The smallest absolute Gasteiger partial charge is 0.227 e. The van der Waals surface area contributed by atoms with E-state index in [0.29, 0.717) is 12.5 Å². The predicted octanol–water partition coefficient (Wildman–Crippen LogP) is 3.48. The number of rotatable bonds is 6. The van der Waals surface area contributed by atoms with Crippen molar-refractivity contribution < 1.29 is 9.53 Å². The van der Waals surface area contributed by atoms with Crippen LogP contribution in [-0.4, -0.2) is 50.6 Å². The number of anilines is 1. The summed E-state index contributed by atoms with van der Waals surface area (Å²) in [5.41, 5.74) is 2.00. The molecule has 28 heavy (non-hydrogen) atoms. The molecule has 0 aromatic heterocycles. The number of amides is 1. The fourth-order valence-corrected chi connectivity index (χ4v) is 3.96. The second-order valence-electron chi connectivity index (χ2n) is 7.68. The minimum Gasteiger partial charge on any atom is -0.381 e. The van der Waals surface area contributed by atoms with Gasteiger partial charge in [0.15, 0.2) is 5.96 Å². The van der Waals surface area contributed by atoms with E-state index >= 15 is 0 Å². The molecular weight excluding hydrogens is 467 g/mol. The van der Waals surface area contributed by atoms with Crippen LogP contribution in [-0.2, 0) is 16.1 Å². The van der Waals surface area contributed by atoms with Gasteiger partial charge in [-0.2, -0.15) is 0 Å². The van der Waals surface area contributed by atoms with Crippen LogP contribution < -0.4 is 10.6 Å². The highest BCUT2D eigenvalue weighted by atomic mass is 127. The van der Waals surface area contributed by atoms with Crippen molar-refractivity contribution in [1.29, 1.82) is 0 Å². The molecule has 0 bridgehead atoms. The maximum absolute atomic E-state index is 12.3. The zero-order valence-electron chi connectivity index (χ0n) is 16.9. The number of nitrogens with one attached hydrogen (secondary N) is 2. The molecule has 1 aromatic carbocycles. The van der Waals surface area contributed by atoms with Crippen molar-refractivity contribution in [3.63, 3.8) is 0 Å². The summed E-state index contributed by atoms with van der Waals surface area (Å²) in [4.78, 5) is 18.9. The summed E-state index contributed by atoms with van der Waals surface area (Å²) in [5, 5.41) is 6.49. The summed E-state index contributed by atoms with van der Waals surface area (Å²) in [7, 11) is 3.87. The van der Waals surface area contributed by atoms with Crippen molar-refractivity contribution in [1.82, 2.24) is 10.2 Å². The average molecular weight is 500 g/mol. The van der Waals surface area contributed by atoms with Gasteiger partial charge in [0.05, 0.1) is 6.61 Å². The lowest BCUT2D eigenvalue weighted by atomic mass is 10.1. The molecule has 1 atom stereocenters. The van der Waals surface area contributed by atoms with Crippen molar-refractivity contribution in [2.75, 3.05) is 39.2 Å². The van der Waals surface area contributed by atoms with Crippen LogP contribution in [0.15, 0.2) is 29.3 Å². The van der Waals surface area contributed by atoms with Gasteiger partial charge in [0.25, 0.3) is 0 Å². The van der Waals surface area contributed by atoms with E-state index in [0.717, 1.165) is 56.2 Å². The lowest BCUT2D eigenvalue weighted by Crippen LogP contribution is -2.41. The van der Waals surface area contributed by atoms with E-state index in [9.17, 15) is 4.79 Å². The van der Waals surface area contributed by atoms with Gasteiger partial charge in [-0.25, -0.2) is 0 Å². The Morgan fingerprint density at radius 3 is 2.75 bits per heavy atom. The molecule has 1 saturated heterocycles. The molecule has 2 fully saturated rings. The molecule has 0 radical (unpaired) electrons. The van der Waals surface area contributed by atoms with Crippen LogP contribution in [0.5, 0.6) is 0 Å². The number of carbonyl (C=O) groups is 1. The molecule has 0 spiro atoms. The molecule has 1 aliphatic carbocycles. The quantitative estimate of drug-likeness (QED) is 0.357. The molecule has 7 heteroatoms. The van der Waals surface area contributed by atoms with Gasteiger partial charge >= 0.3 is 0 Å². The zero-order chi connectivity index (χ0) is 19.1. The van der Waals surface area contributed by atoms with E-state index in [2.05, 4.69) is 33.6 Å². The van der Waals surface area contributed by atoms with Crippen LogP contribution in [0.3, 0.4) is 0 Å². The first-order valence-corrected chi connectivity index (χ1v) is 10.0. The number of aliphatic imine (C=N–C) groups is 1. The highest BCUT2D eigenvalue weighted by Crippen LogP contribution is 2.26. The number of ether oxygens (including phenoxy) is 1. The summed E-state index contributed by atoms with van der Waals surface area (Å²) in [6.45, 7) is 3.32. The largest absolute Gasteiger partial charge is 0.381 e. The van der Waals surface area contributed by atoms with Gasteiger partial charge in [-0.15, -0.1) is 24.0 Å². The van der Waals surface area contributed by atoms with Gasteiger partial charge in [-0.3, -0.25) is 9.79 Å². The van der Waals surface area contributed by atoms with E-state index < -0.39 is 0 Å². The summed E-state index contributed by atoms with van der Waals surface area (Å²) < 4.78 is 5.46. The van der Waals surface area contributed by atoms with Gasteiger partial charge in [-0.1, -0.05) is 25.0 Å². The third-order valence-corrected chi connectivity index (χ3v) is 5.50. The lowest BCUT2D eigenvalue weighted by molar-refractivity contribution is -0.119. The Bertz CT molecular complexity index is 656. The number of carbonyl (C=O) groups excluding carboxylic acids is 1. The molecule has 2 aliphatic rings. The van der Waals surface area contributed by atoms with Crippen LogP contribution in [0.1, 0.15) is 37.7 Å². The first-order valence-electron chi connectivity index (χ1n) is 10.0. The topological polar surface area (TPSA) is 66.0 Å². The van der Waals surface area contributed by atoms with Gasteiger partial charge < -0.3 is 20.3 Å². The minimum atomic E-state index is 0.